The molecule has 4 unspecified atom stereocenters. The van der Waals surface area contributed by atoms with Crippen LogP contribution >= 0.6 is 0 Å². The summed E-state index contributed by atoms with van der Waals surface area (Å²) in [6.07, 6.45) is 7.44. The van der Waals surface area contributed by atoms with E-state index in [1.807, 2.05) is 0 Å². The number of hydrogen-bond acceptors (Lipinski definition) is 1. The Bertz CT molecular complexity index is 3490. The molecule has 398 valence electrons. The minimum Gasteiger partial charge on any atom is -0.309 e. The highest BCUT2D eigenvalue weighted by atomic mass is 15.2. The molecule has 7 aromatic carbocycles. The molecule has 0 radical (unpaired) electrons. The van der Waals surface area contributed by atoms with E-state index in [-0.39, 0.29) is 49.7 Å². The first-order chi connectivity index (χ1) is 36.0. The fourth-order valence-electron chi connectivity index (χ4n) is 16.1. The fourth-order valence-corrected chi connectivity index (χ4v) is 16.1. The first-order valence-corrected chi connectivity index (χ1v) is 29.8. The topological polar surface area (TPSA) is 3.24 Å². The van der Waals surface area contributed by atoms with Crippen LogP contribution in [0.4, 0.5) is 17.1 Å². The quantitative estimate of drug-likeness (QED) is 0.155. The second-order valence-electron chi connectivity index (χ2n) is 30.2. The van der Waals surface area contributed by atoms with E-state index < -0.39 is 0 Å². The zero-order chi connectivity index (χ0) is 54.9. The van der Waals surface area contributed by atoms with Crippen molar-refractivity contribution in [1.29, 1.82) is 0 Å². The third-order valence-corrected chi connectivity index (χ3v) is 21.1. The average molecular weight is 1020 g/mol. The number of benzene rings is 7. The molecule has 1 heterocycles. The van der Waals surface area contributed by atoms with Crippen LogP contribution < -0.4 is 4.90 Å². The third kappa shape index (κ3) is 7.87. The second-order valence-corrected chi connectivity index (χ2v) is 30.2. The lowest BCUT2D eigenvalue weighted by atomic mass is 9.53. The molecular formula is C76H89N. The lowest BCUT2D eigenvalue weighted by Crippen LogP contribution is -2.43. The van der Waals surface area contributed by atoms with Crippen molar-refractivity contribution < 1.29 is 0 Å². The predicted molar refractivity (Wildman–Crippen MR) is 329 cm³/mol. The van der Waals surface area contributed by atoms with Crippen molar-refractivity contribution in [2.24, 2.45) is 5.41 Å². The fraction of sp³-hybridized carbons (Fsp3) is 0.447. The molecule has 0 N–H and O–H groups in total. The molecule has 0 amide bonds. The Balaban J connectivity index is 1.22. The highest BCUT2D eigenvalue weighted by Gasteiger charge is 2.62. The zero-order valence-electron chi connectivity index (χ0n) is 50.5. The number of hydrogen-bond donors (Lipinski definition) is 0. The van der Waals surface area contributed by atoms with Gasteiger partial charge in [-0.3, -0.25) is 0 Å². The molecule has 1 heteroatoms. The summed E-state index contributed by atoms with van der Waals surface area (Å²) < 4.78 is 0. The lowest BCUT2D eigenvalue weighted by Gasteiger charge is -2.51. The van der Waals surface area contributed by atoms with Gasteiger partial charge in [-0.05, 0) is 209 Å². The summed E-state index contributed by atoms with van der Waals surface area (Å²) >= 11 is 0. The van der Waals surface area contributed by atoms with Gasteiger partial charge < -0.3 is 4.90 Å². The molecule has 1 fully saturated rings. The molecule has 4 aliphatic carbocycles. The lowest BCUT2D eigenvalue weighted by molar-refractivity contribution is 0.0914. The molecule has 12 rings (SSSR count). The Morgan fingerprint density at radius 1 is 0.468 bits per heavy atom. The molecule has 7 aromatic rings. The van der Waals surface area contributed by atoms with E-state index in [4.69, 9.17) is 0 Å². The van der Waals surface area contributed by atoms with Crippen LogP contribution in [0.2, 0.25) is 0 Å². The largest absolute Gasteiger partial charge is 0.309 e. The van der Waals surface area contributed by atoms with E-state index >= 15 is 0 Å². The highest BCUT2D eigenvalue weighted by Crippen LogP contribution is 2.72. The Morgan fingerprint density at radius 2 is 1.05 bits per heavy atom. The van der Waals surface area contributed by atoms with Crippen molar-refractivity contribution >= 4 is 17.1 Å². The highest BCUT2D eigenvalue weighted by molar-refractivity contribution is 5.95. The van der Waals surface area contributed by atoms with Gasteiger partial charge in [-0.15, -0.1) is 0 Å². The maximum atomic E-state index is 2.82. The monoisotopic (exact) mass is 1020 g/mol. The van der Waals surface area contributed by atoms with Gasteiger partial charge in [-0.1, -0.05) is 214 Å². The van der Waals surface area contributed by atoms with E-state index in [2.05, 4.69) is 251 Å². The first-order valence-electron chi connectivity index (χ1n) is 29.8. The minimum absolute atomic E-state index is 0.00285. The van der Waals surface area contributed by atoms with Crippen molar-refractivity contribution in [2.45, 2.75) is 213 Å². The minimum atomic E-state index is -0.00285. The molecule has 0 saturated heterocycles. The standard InChI is InChI=1S/C76H89N/c1-45-36-58-68-64(37-45)77(63-44-60-59(73(13,14)34-35-74(60,15)16)43-56(63)48-24-20-19-21-25-48)62-40-49(65(53-30-27-50(38-46(53)2)70(4,5)6)54-31-28-51(39-47(54)3)71(7,8)9)26-29-55(62)66(68)57-41-52(72(10,11)12)42-61-67(57)69(58)76(18)33-23-22-32-75(61,76)17/h19-21,24-31,36-44,65-66,69H,22-23,32-35H2,1-18H3. The van der Waals surface area contributed by atoms with Crippen LogP contribution in [0, 0.1) is 26.2 Å². The van der Waals surface area contributed by atoms with Gasteiger partial charge in [0.15, 0.2) is 0 Å². The smallest absolute Gasteiger partial charge is 0.0543 e. The van der Waals surface area contributed by atoms with Crippen molar-refractivity contribution in [3.63, 3.8) is 0 Å². The van der Waals surface area contributed by atoms with Gasteiger partial charge in [-0.25, -0.2) is 0 Å². The summed E-state index contributed by atoms with van der Waals surface area (Å²) in [6.45, 7) is 43.9. The van der Waals surface area contributed by atoms with Gasteiger partial charge in [0.2, 0.25) is 0 Å². The summed E-state index contributed by atoms with van der Waals surface area (Å²) in [4.78, 5) is 2.82. The first kappa shape index (κ1) is 52.1. The molecular weight excluding hydrogens is 927 g/mol. The summed E-state index contributed by atoms with van der Waals surface area (Å²) in [6, 6.07) is 50.0. The van der Waals surface area contributed by atoms with Crippen molar-refractivity contribution in [3.05, 3.63) is 216 Å². The van der Waals surface area contributed by atoms with Crippen molar-refractivity contribution in [3.8, 4) is 11.1 Å². The Labute approximate surface area is 465 Å². The van der Waals surface area contributed by atoms with E-state index in [0.29, 0.717) is 5.92 Å². The van der Waals surface area contributed by atoms with Crippen LogP contribution in [-0.2, 0) is 32.5 Å². The molecule has 0 bridgehead atoms. The summed E-state index contributed by atoms with van der Waals surface area (Å²) in [5, 5.41) is 0. The number of fused-ring (bicyclic) bond motifs is 8. The van der Waals surface area contributed by atoms with E-state index in [0.717, 1.165) is 6.42 Å². The zero-order valence-corrected chi connectivity index (χ0v) is 50.5. The Hall–Kier alpha value is -5.66. The van der Waals surface area contributed by atoms with E-state index in [1.54, 1.807) is 22.3 Å². The molecule has 0 aromatic heterocycles. The summed E-state index contributed by atoms with van der Waals surface area (Å²) in [5.74, 6) is 0.440. The average Bonchev–Trinajstić information content (AvgIpc) is 3.76. The summed E-state index contributed by atoms with van der Waals surface area (Å²) in [5.41, 5.74) is 31.8. The van der Waals surface area contributed by atoms with Gasteiger partial charge >= 0.3 is 0 Å². The molecule has 0 spiro atoms. The number of rotatable bonds is 5. The van der Waals surface area contributed by atoms with Crippen LogP contribution in [0.25, 0.3) is 11.1 Å². The van der Waals surface area contributed by atoms with Gasteiger partial charge in [0.05, 0.1) is 17.1 Å². The maximum Gasteiger partial charge on any atom is 0.0543 e. The Kier molecular flexibility index (Phi) is 11.6. The van der Waals surface area contributed by atoms with Gasteiger partial charge in [-0.2, -0.15) is 0 Å². The molecule has 5 aliphatic rings. The van der Waals surface area contributed by atoms with Gasteiger partial charge in [0.25, 0.3) is 0 Å². The number of nitrogens with zero attached hydrogens (tertiary/aromatic N) is 1. The van der Waals surface area contributed by atoms with E-state index in [1.165, 1.54) is 133 Å². The van der Waals surface area contributed by atoms with Crippen LogP contribution in [-0.4, -0.2) is 0 Å². The van der Waals surface area contributed by atoms with Gasteiger partial charge in [0.1, 0.15) is 0 Å². The second kappa shape index (κ2) is 17.2. The van der Waals surface area contributed by atoms with Crippen molar-refractivity contribution in [1.82, 2.24) is 0 Å². The molecule has 1 saturated carbocycles. The molecule has 1 aliphatic heterocycles. The van der Waals surface area contributed by atoms with Crippen LogP contribution in [0.15, 0.2) is 121 Å². The van der Waals surface area contributed by atoms with Crippen LogP contribution in [0.1, 0.15) is 255 Å². The van der Waals surface area contributed by atoms with E-state index in [9.17, 15) is 0 Å². The molecule has 1 nitrogen and oxygen atoms in total. The molecule has 4 atom stereocenters. The van der Waals surface area contributed by atoms with Crippen molar-refractivity contribution in [2.75, 3.05) is 4.90 Å². The predicted octanol–water partition coefficient (Wildman–Crippen LogP) is 21.0. The number of anilines is 3. The van der Waals surface area contributed by atoms with Crippen LogP contribution in [0.5, 0.6) is 0 Å². The SMILES string of the molecule is Cc1cc2c3c(c1)N(c1cc4c(cc1-c1ccccc1)C(C)(C)CCC4(C)C)c1cc(C(c4ccc(C(C)(C)C)cc4C)c4ccc(C(C)(C)C)cc4C)ccc1C3c1cc(C(C)(C)C)cc3c1C2C1(C)CCCCC31C. The van der Waals surface area contributed by atoms with Gasteiger partial charge in [0, 0.05) is 23.3 Å². The van der Waals surface area contributed by atoms with Crippen LogP contribution in [0.3, 0.4) is 0 Å². The normalized spacial score (nSPS) is 22.8. The third-order valence-electron chi connectivity index (χ3n) is 21.1. The maximum absolute atomic E-state index is 2.82. The summed E-state index contributed by atoms with van der Waals surface area (Å²) in [7, 11) is 0. The molecule has 77 heavy (non-hydrogen) atoms. The Morgan fingerprint density at radius 3 is 1.64 bits per heavy atom. The number of aryl methyl sites for hydroxylation is 3.